The average Bonchev–Trinajstić information content (AvgIpc) is 3.78. The third-order valence-electron chi connectivity index (χ3n) is 8.71. The smallest absolute Gasteiger partial charge is 0.331 e. The summed E-state index contributed by atoms with van der Waals surface area (Å²) in [6, 6.07) is 20.3. The Morgan fingerprint density at radius 2 is 1.14 bits per heavy atom. The molecule has 260 valence electrons. The zero-order chi connectivity index (χ0) is 34.7. The van der Waals surface area contributed by atoms with E-state index in [2.05, 4.69) is 44.1 Å². The number of hydrogen-bond donors (Lipinski definition) is 2. The largest absolute Gasteiger partial charge is 0.461 e. The summed E-state index contributed by atoms with van der Waals surface area (Å²) in [6.45, 7) is 4.88. The maximum atomic E-state index is 12.4. The Labute approximate surface area is 300 Å². The van der Waals surface area contributed by atoms with Crippen LogP contribution in [0, 0.1) is 0 Å². The van der Waals surface area contributed by atoms with E-state index in [-0.39, 0.29) is 13.2 Å². The van der Waals surface area contributed by atoms with Gasteiger partial charge in [-0.25, -0.2) is 19.6 Å². The van der Waals surface area contributed by atoms with E-state index >= 15 is 0 Å². The number of aryl methyl sites for hydroxylation is 2. The molecule has 10 nitrogen and oxygen atoms in total. The summed E-state index contributed by atoms with van der Waals surface area (Å²) in [5, 5.41) is 3.96. The second-order valence-corrected chi connectivity index (χ2v) is 14.2. The van der Waals surface area contributed by atoms with E-state index in [9.17, 15) is 9.59 Å². The first-order chi connectivity index (χ1) is 24.4. The summed E-state index contributed by atoms with van der Waals surface area (Å²) >= 11 is 3.13. The van der Waals surface area contributed by atoms with Gasteiger partial charge in [-0.3, -0.25) is 9.80 Å². The van der Waals surface area contributed by atoms with Crippen LogP contribution in [-0.2, 0) is 45.0 Å². The Bertz CT molecular complexity index is 1720. The van der Waals surface area contributed by atoms with Crippen LogP contribution in [0.15, 0.2) is 93.6 Å². The third kappa shape index (κ3) is 9.97. The van der Waals surface area contributed by atoms with Crippen LogP contribution in [0.3, 0.4) is 0 Å². The van der Waals surface area contributed by atoms with Crippen molar-refractivity contribution >= 4 is 57.7 Å². The third-order valence-corrected chi connectivity index (χ3v) is 10.5. The summed E-state index contributed by atoms with van der Waals surface area (Å²) in [4.78, 5) is 40.4. The number of aliphatic imine (C=N–C) groups is 2. The van der Waals surface area contributed by atoms with Crippen molar-refractivity contribution in [3.8, 4) is 0 Å². The number of carbonyl (C=O) groups is 2. The zero-order valence-electron chi connectivity index (χ0n) is 28.0. The Kier molecular flexibility index (Phi) is 12.2. The van der Waals surface area contributed by atoms with Crippen LogP contribution in [0.5, 0.6) is 0 Å². The molecule has 0 atom stereocenters. The number of nitrogens with two attached hydrogens (primary N) is 2. The minimum absolute atomic E-state index is 0.223. The van der Waals surface area contributed by atoms with Crippen LogP contribution in [0.4, 0.5) is 11.4 Å². The van der Waals surface area contributed by atoms with E-state index in [1.807, 2.05) is 47.2 Å². The average molecular weight is 711 g/mol. The molecule has 2 aromatic carbocycles. The molecule has 50 heavy (non-hydrogen) atoms. The first-order valence-electron chi connectivity index (χ1n) is 16.9. The van der Waals surface area contributed by atoms with Crippen molar-refractivity contribution in [2.24, 2.45) is 21.5 Å². The molecule has 0 radical (unpaired) electrons. The molecule has 0 saturated carbocycles. The molecule has 4 aromatic rings. The second kappa shape index (κ2) is 17.3. The lowest BCUT2D eigenvalue weighted by atomic mass is 10.0. The van der Waals surface area contributed by atoms with Crippen molar-refractivity contribution in [2.45, 2.75) is 38.8 Å². The molecule has 0 spiro atoms. The molecule has 4 heterocycles. The molecular formula is C38H42N6O4S2. The summed E-state index contributed by atoms with van der Waals surface area (Å²) < 4.78 is 10.8. The SMILES string of the molecule is NC(=Nc1ccc2c(c1)CN(CCOC(=O)/C=C/C(=O)OCCN1CCCc3ccc(N=C(N)c4cccs4)cc3C1)CCC2)c1cccs1. The Morgan fingerprint density at radius 3 is 1.56 bits per heavy atom. The summed E-state index contributed by atoms with van der Waals surface area (Å²) in [5.74, 6) is -0.120. The predicted octanol–water partition coefficient (Wildman–Crippen LogP) is 5.72. The van der Waals surface area contributed by atoms with E-state index in [1.165, 1.54) is 22.3 Å². The molecular weight excluding hydrogens is 669 g/mol. The Morgan fingerprint density at radius 1 is 0.680 bits per heavy atom. The topological polar surface area (TPSA) is 136 Å². The summed E-state index contributed by atoms with van der Waals surface area (Å²) in [5.41, 5.74) is 19.1. The van der Waals surface area contributed by atoms with Crippen molar-refractivity contribution in [3.05, 3.63) is 116 Å². The number of thiophene rings is 2. The number of nitrogens with zero attached hydrogens (tertiary/aromatic N) is 4. The number of benzene rings is 2. The monoisotopic (exact) mass is 710 g/mol. The molecule has 4 N–H and O–H groups in total. The highest BCUT2D eigenvalue weighted by Crippen LogP contribution is 2.26. The zero-order valence-corrected chi connectivity index (χ0v) is 29.6. The van der Waals surface area contributed by atoms with Crippen LogP contribution in [0.1, 0.15) is 44.8 Å². The summed E-state index contributed by atoms with van der Waals surface area (Å²) in [6.07, 6.45) is 6.25. The fourth-order valence-electron chi connectivity index (χ4n) is 6.17. The van der Waals surface area contributed by atoms with Gasteiger partial charge in [-0.1, -0.05) is 24.3 Å². The molecule has 0 aliphatic carbocycles. The molecule has 0 unspecified atom stereocenters. The molecule has 0 amide bonds. The number of rotatable bonds is 12. The van der Waals surface area contributed by atoms with Crippen LogP contribution < -0.4 is 11.5 Å². The number of carbonyl (C=O) groups excluding carboxylic acids is 2. The van der Waals surface area contributed by atoms with Crippen molar-refractivity contribution in [3.63, 3.8) is 0 Å². The minimum atomic E-state index is -0.569. The van der Waals surface area contributed by atoms with Gasteiger partial charge < -0.3 is 20.9 Å². The highest BCUT2D eigenvalue weighted by atomic mass is 32.1. The van der Waals surface area contributed by atoms with Crippen molar-refractivity contribution in [1.82, 2.24) is 9.80 Å². The van der Waals surface area contributed by atoms with Gasteiger partial charge in [0.15, 0.2) is 0 Å². The van der Waals surface area contributed by atoms with E-state index < -0.39 is 11.9 Å². The van der Waals surface area contributed by atoms with Gasteiger partial charge in [-0.2, -0.15) is 0 Å². The molecule has 2 aliphatic rings. The number of hydrogen-bond acceptors (Lipinski definition) is 10. The van der Waals surface area contributed by atoms with E-state index in [1.54, 1.807) is 22.7 Å². The Balaban J connectivity index is 0.917. The van der Waals surface area contributed by atoms with Crippen LogP contribution in [0.2, 0.25) is 0 Å². The maximum Gasteiger partial charge on any atom is 0.331 e. The number of amidine groups is 2. The van der Waals surface area contributed by atoms with Crippen molar-refractivity contribution in [1.29, 1.82) is 0 Å². The first kappa shape index (κ1) is 35.2. The van der Waals surface area contributed by atoms with E-state index in [4.69, 9.17) is 20.9 Å². The molecule has 0 saturated heterocycles. The minimum Gasteiger partial charge on any atom is -0.461 e. The van der Waals surface area contributed by atoms with E-state index in [0.29, 0.717) is 24.8 Å². The second-order valence-electron chi connectivity index (χ2n) is 12.3. The van der Waals surface area contributed by atoms with Gasteiger partial charge in [0.05, 0.1) is 21.1 Å². The van der Waals surface area contributed by atoms with Gasteiger partial charge in [0.2, 0.25) is 0 Å². The fraction of sp³-hybridized carbons (Fsp3) is 0.316. The lowest BCUT2D eigenvalue weighted by Crippen LogP contribution is -2.28. The summed E-state index contributed by atoms with van der Waals surface area (Å²) in [7, 11) is 0. The van der Waals surface area contributed by atoms with Crippen LogP contribution >= 0.6 is 22.7 Å². The van der Waals surface area contributed by atoms with Gasteiger partial charge in [0.25, 0.3) is 0 Å². The number of esters is 2. The highest BCUT2D eigenvalue weighted by molar-refractivity contribution is 7.12. The van der Waals surface area contributed by atoms with Crippen LogP contribution in [-0.4, -0.2) is 72.8 Å². The first-order valence-corrected chi connectivity index (χ1v) is 18.6. The van der Waals surface area contributed by atoms with Gasteiger partial charge in [0, 0.05) is 38.3 Å². The lowest BCUT2D eigenvalue weighted by Gasteiger charge is -2.20. The van der Waals surface area contributed by atoms with Gasteiger partial charge in [-0.15, -0.1) is 22.7 Å². The number of fused-ring (bicyclic) bond motifs is 2. The van der Waals surface area contributed by atoms with Crippen molar-refractivity contribution < 1.29 is 19.1 Å². The molecule has 0 fully saturated rings. The van der Waals surface area contributed by atoms with Gasteiger partial charge in [0.1, 0.15) is 24.9 Å². The Hall–Kier alpha value is -4.62. The number of ether oxygens (including phenoxy) is 2. The van der Waals surface area contributed by atoms with Gasteiger partial charge in [-0.05, 0) is 108 Å². The van der Waals surface area contributed by atoms with Crippen molar-refractivity contribution in [2.75, 3.05) is 39.4 Å². The molecule has 0 bridgehead atoms. The quantitative estimate of drug-likeness (QED) is 0.0825. The molecule has 2 aliphatic heterocycles. The maximum absolute atomic E-state index is 12.4. The standard InChI is InChI=1S/C38H42N6O4S2/c39-37(33-7-3-21-49-33)41-31-11-9-27-5-1-15-43(25-29(27)23-31)17-19-47-35(45)13-14-36(46)48-20-18-44-16-2-6-28-10-12-32(24-30(28)26-44)42-38(40)34-8-4-22-50-34/h3-4,7-14,21-24H,1-2,5-6,15-20,25-26H2,(H2,39,41)(H2,40,42)/b14-13+. The van der Waals surface area contributed by atoms with Gasteiger partial charge >= 0.3 is 11.9 Å². The molecule has 2 aromatic heterocycles. The van der Waals surface area contributed by atoms with E-state index in [0.717, 1.165) is 85.1 Å². The molecule has 6 rings (SSSR count). The van der Waals surface area contributed by atoms with Crippen LogP contribution in [0.25, 0.3) is 0 Å². The normalized spacial score (nSPS) is 16.0. The molecule has 12 heteroatoms. The predicted molar refractivity (Wildman–Crippen MR) is 201 cm³/mol. The lowest BCUT2D eigenvalue weighted by molar-refractivity contribution is -0.141. The highest BCUT2D eigenvalue weighted by Gasteiger charge is 2.17. The fourth-order valence-corrected chi connectivity index (χ4v) is 7.43.